The van der Waals surface area contributed by atoms with E-state index >= 15 is 0 Å². The quantitative estimate of drug-likeness (QED) is 0.158. The molecule has 0 heteroatoms. The van der Waals surface area contributed by atoms with Crippen molar-refractivity contribution in [1.82, 2.24) is 0 Å². The van der Waals surface area contributed by atoms with E-state index in [-0.39, 0.29) is 0 Å². The van der Waals surface area contributed by atoms with Gasteiger partial charge in [-0.15, -0.1) is 0 Å². The average molecular weight is 455 g/mol. The van der Waals surface area contributed by atoms with Crippen LogP contribution in [-0.2, 0) is 0 Å². The Bertz CT molecular complexity index is 1900. The minimum Gasteiger partial charge on any atom is -0.0610 e. The zero-order valence-corrected chi connectivity index (χ0v) is 19.7. The fourth-order valence-corrected chi connectivity index (χ4v) is 6.25. The van der Waals surface area contributed by atoms with E-state index in [1.54, 1.807) is 0 Å². The lowest BCUT2D eigenvalue weighted by Gasteiger charge is -2.13. The van der Waals surface area contributed by atoms with Gasteiger partial charge >= 0.3 is 0 Å². The van der Waals surface area contributed by atoms with Crippen LogP contribution in [-0.4, -0.2) is 0 Å². The Morgan fingerprint density at radius 1 is 0.194 bits per heavy atom. The van der Waals surface area contributed by atoms with Crippen molar-refractivity contribution in [2.75, 3.05) is 0 Å². The van der Waals surface area contributed by atoms with Gasteiger partial charge in [-0.1, -0.05) is 133 Å². The zero-order valence-electron chi connectivity index (χ0n) is 19.7. The van der Waals surface area contributed by atoms with Crippen LogP contribution in [0.15, 0.2) is 133 Å². The standard InChI is InChI=1S/C20H12.C16H10/c1-5-13-6-2-11-17-18-12-4-8-14-7-3-10-16(20(14)18)15(9-1)19(13)17;1-3-11-7-9-13-5-2-6-14-10-8-12(4-1)15(11)16(13)14/h1-12H;1-10H. The molecule has 0 saturated carbocycles. The van der Waals surface area contributed by atoms with Crippen molar-refractivity contribution < 1.29 is 0 Å². The summed E-state index contributed by atoms with van der Waals surface area (Å²) in [5.41, 5.74) is 0. The minimum atomic E-state index is 1.33. The molecule has 0 N–H and O–H groups in total. The second-order valence-corrected chi connectivity index (χ2v) is 9.71. The lowest BCUT2D eigenvalue weighted by Crippen LogP contribution is -1.85. The van der Waals surface area contributed by atoms with Crippen molar-refractivity contribution in [3.05, 3.63) is 133 Å². The molecular weight excluding hydrogens is 432 g/mol. The van der Waals surface area contributed by atoms with Crippen molar-refractivity contribution in [2.24, 2.45) is 0 Å². The van der Waals surface area contributed by atoms with Gasteiger partial charge in [0.25, 0.3) is 0 Å². The third kappa shape index (κ3) is 2.70. The molecule has 166 valence electrons. The molecule has 0 saturated heterocycles. The minimum absolute atomic E-state index is 1.33. The SMILES string of the molecule is c1cc2ccc3cccc4ccc(c1)c2c34.c1cc2cccc3c4cccc5cccc(c(c1)c23)c54. The van der Waals surface area contributed by atoms with Gasteiger partial charge in [0.1, 0.15) is 0 Å². The lowest BCUT2D eigenvalue weighted by molar-refractivity contribution is 1.78. The maximum Gasteiger partial charge on any atom is -0.00264 e. The second kappa shape index (κ2) is 7.41. The predicted molar refractivity (Wildman–Crippen MR) is 158 cm³/mol. The van der Waals surface area contributed by atoms with E-state index in [2.05, 4.69) is 133 Å². The number of hydrogen-bond donors (Lipinski definition) is 0. The van der Waals surface area contributed by atoms with E-state index in [4.69, 9.17) is 0 Å². The van der Waals surface area contributed by atoms with E-state index in [0.717, 1.165) is 0 Å². The third-order valence-electron chi connectivity index (χ3n) is 7.78. The summed E-state index contributed by atoms with van der Waals surface area (Å²) in [5.74, 6) is 0. The highest BCUT2D eigenvalue weighted by Crippen LogP contribution is 2.39. The van der Waals surface area contributed by atoms with E-state index in [1.165, 1.54) is 75.4 Å². The smallest absolute Gasteiger partial charge is 0.00264 e. The van der Waals surface area contributed by atoms with Gasteiger partial charge in [0.2, 0.25) is 0 Å². The van der Waals surface area contributed by atoms with Crippen LogP contribution in [0.25, 0.3) is 75.4 Å². The fraction of sp³-hybridized carbons (Fsp3) is 0. The van der Waals surface area contributed by atoms with Crippen molar-refractivity contribution in [3.8, 4) is 0 Å². The molecule has 0 amide bonds. The Kier molecular flexibility index (Phi) is 4.03. The molecule has 9 rings (SSSR count). The third-order valence-corrected chi connectivity index (χ3v) is 7.78. The van der Waals surface area contributed by atoms with Crippen LogP contribution in [0, 0.1) is 0 Å². The molecule has 0 nitrogen and oxygen atoms in total. The highest BCUT2D eigenvalue weighted by molar-refractivity contribution is 6.32. The Labute approximate surface area is 208 Å². The predicted octanol–water partition coefficient (Wildman–Crippen LogP) is 10.3. The van der Waals surface area contributed by atoms with E-state index in [0.29, 0.717) is 0 Å². The summed E-state index contributed by atoms with van der Waals surface area (Å²) in [6, 6.07) is 48.3. The van der Waals surface area contributed by atoms with Gasteiger partial charge in [-0.05, 0) is 75.4 Å². The highest BCUT2D eigenvalue weighted by Gasteiger charge is 2.11. The lowest BCUT2D eigenvalue weighted by atomic mass is 9.90. The molecule has 0 aliphatic carbocycles. The molecule has 0 heterocycles. The molecule has 9 aromatic carbocycles. The van der Waals surface area contributed by atoms with E-state index < -0.39 is 0 Å². The topological polar surface area (TPSA) is 0 Å². The van der Waals surface area contributed by atoms with Crippen LogP contribution in [0.5, 0.6) is 0 Å². The summed E-state index contributed by atoms with van der Waals surface area (Å²) < 4.78 is 0. The average Bonchev–Trinajstić information content (AvgIpc) is 2.95. The van der Waals surface area contributed by atoms with Crippen molar-refractivity contribution in [3.63, 3.8) is 0 Å². The van der Waals surface area contributed by atoms with E-state index in [9.17, 15) is 0 Å². The highest BCUT2D eigenvalue weighted by atomic mass is 14.1. The molecule has 0 atom stereocenters. The molecule has 0 spiro atoms. The van der Waals surface area contributed by atoms with Crippen LogP contribution in [0.3, 0.4) is 0 Å². The van der Waals surface area contributed by atoms with Gasteiger partial charge in [-0.2, -0.15) is 0 Å². The largest absolute Gasteiger partial charge is 0.0610 e. The van der Waals surface area contributed by atoms with Crippen molar-refractivity contribution >= 4 is 75.4 Å². The molecule has 0 aliphatic rings. The summed E-state index contributed by atoms with van der Waals surface area (Å²) >= 11 is 0. The summed E-state index contributed by atoms with van der Waals surface area (Å²) in [6.07, 6.45) is 0. The molecule has 0 fully saturated rings. The first-order valence-corrected chi connectivity index (χ1v) is 12.5. The first kappa shape index (κ1) is 19.6. The van der Waals surface area contributed by atoms with Crippen LogP contribution in [0.2, 0.25) is 0 Å². The Morgan fingerprint density at radius 3 is 0.694 bits per heavy atom. The maximum atomic E-state index is 2.25. The summed E-state index contributed by atoms with van der Waals surface area (Å²) in [7, 11) is 0. The zero-order chi connectivity index (χ0) is 23.6. The number of fused-ring (bicyclic) bond motifs is 2. The van der Waals surface area contributed by atoms with Gasteiger partial charge in [-0.25, -0.2) is 0 Å². The molecular formula is C36H22. The van der Waals surface area contributed by atoms with Crippen LogP contribution in [0.4, 0.5) is 0 Å². The van der Waals surface area contributed by atoms with E-state index in [1.807, 2.05) is 0 Å². The van der Waals surface area contributed by atoms with Crippen molar-refractivity contribution in [1.29, 1.82) is 0 Å². The molecule has 36 heavy (non-hydrogen) atoms. The van der Waals surface area contributed by atoms with Crippen LogP contribution in [0.1, 0.15) is 0 Å². The van der Waals surface area contributed by atoms with Crippen molar-refractivity contribution in [2.45, 2.75) is 0 Å². The monoisotopic (exact) mass is 454 g/mol. The number of benzene rings is 9. The molecule has 9 aromatic rings. The molecule has 0 aromatic heterocycles. The summed E-state index contributed by atoms with van der Waals surface area (Å²) in [5, 5.41) is 19.0. The Morgan fingerprint density at radius 2 is 0.417 bits per heavy atom. The second-order valence-electron chi connectivity index (χ2n) is 9.71. The molecule has 0 aliphatic heterocycles. The summed E-state index contributed by atoms with van der Waals surface area (Å²) in [4.78, 5) is 0. The first-order chi connectivity index (χ1) is 17.9. The molecule has 0 radical (unpaired) electrons. The normalized spacial score (nSPS) is 11.9. The molecule has 0 bridgehead atoms. The maximum absolute atomic E-state index is 2.25. The number of rotatable bonds is 0. The Hall–Kier alpha value is -4.68. The number of hydrogen-bond acceptors (Lipinski definition) is 0. The van der Waals surface area contributed by atoms with Gasteiger partial charge < -0.3 is 0 Å². The van der Waals surface area contributed by atoms with Gasteiger partial charge in [0, 0.05) is 0 Å². The van der Waals surface area contributed by atoms with Gasteiger partial charge in [0.05, 0.1) is 0 Å². The van der Waals surface area contributed by atoms with Crippen LogP contribution >= 0.6 is 0 Å². The summed E-state index contributed by atoms with van der Waals surface area (Å²) in [6.45, 7) is 0. The first-order valence-electron chi connectivity index (χ1n) is 12.5. The van der Waals surface area contributed by atoms with Crippen LogP contribution < -0.4 is 0 Å². The van der Waals surface area contributed by atoms with Gasteiger partial charge in [-0.3, -0.25) is 0 Å². The fourth-order valence-electron chi connectivity index (χ4n) is 6.25. The van der Waals surface area contributed by atoms with Gasteiger partial charge in [0.15, 0.2) is 0 Å². The molecule has 0 unspecified atom stereocenters. The Balaban J connectivity index is 0.000000117.